The molecule has 5 heteroatoms. The zero-order valence-corrected chi connectivity index (χ0v) is 15.4. The Balaban J connectivity index is 1.79. The molecular weight excluding hydrogens is 340 g/mol. The third-order valence-corrected chi connectivity index (χ3v) is 4.83. The summed E-state index contributed by atoms with van der Waals surface area (Å²) in [6.45, 7) is 3.80. The predicted octanol–water partition coefficient (Wildman–Crippen LogP) is 4.95. The Morgan fingerprint density at radius 2 is 1.83 bits per heavy atom. The topological polar surface area (TPSA) is 41.5 Å². The van der Waals surface area contributed by atoms with E-state index in [-0.39, 0.29) is 11.2 Å². The van der Waals surface area contributed by atoms with Crippen molar-refractivity contribution in [2.24, 2.45) is 5.10 Å². The first kappa shape index (κ1) is 18.6. The maximum atomic E-state index is 12.1. The van der Waals surface area contributed by atoms with Gasteiger partial charge in [0.15, 0.2) is 0 Å². The summed E-state index contributed by atoms with van der Waals surface area (Å²) < 4.78 is 0. The first-order valence-electron chi connectivity index (χ1n) is 7.84. The lowest BCUT2D eigenvalue weighted by Crippen LogP contribution is -2.27. The van der Waals surface area contributed by atoms with Crippen molar-refractivity contribution in [2.45, 2.75) is 36.8 Å². The number of carbonyl (C=O) groups is 1. The van der Waals surface area contributed by atoms with Crippen molar-refractivity contribution in [3.63, 3.8) is 0 Å². The Morgan fingerprint density at radius 3 is 2.50 bits per heavy atom. The number of rotatable bonds is 7. The molecule has 0 fully saturated rings. The SMILES string of the molecule is C/C(CCc1ccccc1)=N/NC(=O)[C@@H](C)Sc1ccc(Cl)cc1. The Bertz CT molecular complexity index is 686. The number of halogens is 1. The summed E-state index contributed by atoms with van der Waals surface area (Å²) in [5.41, 5.74) is 4.83. The first-order valence-corrected chi connectivity index (χ1v) is 9.09. The monoisotopic (exact) mass is 360 g/mol. The molecule has 126 valence electrons. The molecule has 0 aliphatic heterocycles. The lowest BCUT2D eigenvalue weighted by Gasteiger charge is -2.10. The number of nitrogens with one attached hydrogen (secondary N) is 1. The van der Waals surface area contributed by atoms with E-state index in [0.29, 0.717) is 5.02 Å². The molecule has 3 nitrogen and oxygen atoms in total. The summed E-state index contributed by atoms with van der Waals surface area (Å²) in [4.78, 5) is 13.1. The second-order valence-corrected chi connectivity index (χ2v) is 7.37. The van der Waals surface area contributed by atoms with Crippen molar-refractivity contribution in [3.8, 4) is 0 Å². The second kappa shape index (κ2) is 9.50. The van der Waals surface area contributed by atoms with Crippen LogP contribution in [0.2, 0.25) is 5.02 Å². The molecule has 24 heavy (non-hydrogen) atoms. The van der Waals surface area contributed by atoms with Gasteiger partial charge in [-0.05, 0) is 56.5 Å². The highest BCUT2D eigenvalue weighted by molar-refractivity contribution is 8.00. The van der Waals surface area contributed by atoms with Crippen LogP contribution < -0.4 is 5.43 Å². The van der Waals surface area contributed by atoms with Crippen molar-refractivity contribution < 1.29 is 4.79 Å². The minimum Gasteiger partial charge on any atom is -0.272 e. The maximum Gasteiger partial charge on any atom is 0.253 e. The van der Waals surface area contributed by atoms with Crippen LogP contribution in [0.5, 0.6) is 0 Å². The molecule has 2 aromatic rings. The lowest BCUT2D eigenvalue weighted by atomic mass is 10.1. The fourth-order valence-electron chi connectivity index (χ4n) is 2.04. The summed E-state index contributed by atoms with van der Waals surface area (Å²) >= 11 is 7.35. The summed E-state index contributed by atoms with van der Waals surface area (Å²) in [5, 5.41) is 4.66. The molecule has 1 amide bonds. The average molecular weight is 361 g/mol. The molecule has 0 spiro atoms. The van der Waals surface area contributed by atoms with Crippen molar-refractivity contribution >= 4 is 35.0 Å². The fraction of sp³-hybridized carbons (Fsp3) is 0.263. The predicted molar refractivity (Wildman–Crippen MR) is 103 cm³/mol. The second-order valence-electron chi connectivity index (χ2n) is 5.52. The number of hydrazone groups is 1. The van der Waals surface area contributed by atoms with E-state index in [4.69, 9.17) is 11.6 Å². The zero-order valence-electron chi connectivity index (χ0n) is 13.8. The number of hydrogen-bond acceptors (Lipinski definition) is 3. The van der Waals surface area contributed by atoms with E-state index in [1.165, 1.54) is 17.3 Å². The third kappa shape index (κ3) is 6.38. The number of nitrogens with zero attached hydrogens (tertiary/aromatic N) is 1. The number of amides is 1. The molecule has 0 aliphatic rings. The Labute approximate surface area is 152 Å². The van der Waals surface area contributed by atoms with Gasteiger partial charge in [0.2, 0.25) is 0 Å². The van der Waals surface area contributed by atoms with Gasteiger partial charge in [-0.2, -0.15) is 5.10 Å². The van der Waals surface area contributed by atoms with Crippen molar-refractivity contribution in [3.05, 3.63) is 65.2 Å². The van der Waals surface area contributed by atoms with Crippen LogP contribution >= 0.6 is 23.4 Å². The van der Waals surface area contributed by atoms with Crippen molar-refractivity contribution in [1.82, 2.24) is 5.43 Å². The maximum absolute atomic E-state index is 12.1. The minimum absolute atomic E-state index is 0.103. The van der Waals surface area contributed by atoms with Crippen LogP contribution in [0, 0.1) is 0 Å². The van der Waals surface area contributed by atoms with Crippen LogP contribution in [0.15, 0.2) is 64.6 Å². The molecule has 2 rings (SSSR count). The summed E-state index contributed by atoms with van der Waals surface area (Å²) in [7, 11) is 0. The fourth-order valence-corrected chi connectivity index (χ4v) is 3.03. The molecule has 0 heterocycles. The van der Waals surface area contributed by atoms with Crippen molar-refractivity contribution in [1.29, 1.82) is 0 Å². The van der Waals surface area contributed by atoms with Gasteiger partial charge in [-0.3, -0.25) is 4.79 Å². The van der Waals surface area contributed by atoms with E-state index in [1.54, 1.807) is 0 Å². The smallest absolute Gasteiger partial charge is 0.253 e. The first-order chi connectivity index (χ1) is 11.5. The Hall–Kier alpha value is -1.78. The third-order valence-electron chi connectivity index (χ3n) is 3.47. The van der Waals surface area contributed by atoms with Crippen LogP contribution in [0.3, 0.4) is 0 Å². The highest BCUT2D eigenvalue weighted by atomic mass is 35.5. The molecule has 1 atom stereocenters. The largest absolute Gasteiger partial charge is 0.272 e. The highest BCUT2D eigenvalue weighted by Crippen LogP contribution is 2.24. The average Bonchev–Trinajstić information content (AvgIpc) is 2.60. The van der Waals surface area contributed by atoms with Crippen LogP contribution in [-0.2, 0) is 11.2 Å². The molecule has 0 aliphatic carbocycles. The van der Waals surface area contributed by atoms with E-state index in [9.17, 15) is 4.79 Å². The van der Waals surface area contributed by atoms with Crippen LogP contribution in [0.4, 0.5) is 0 Å². The number of carbonyl (C=O) groups excluding carboxylic acids is 1. The molecule has 0 saturated carbocycles. The number of hydrogen-bond donors (Lipinski definition) is 1. The molecule has 0 bridgehead atoms. The molecule has 2 aromatic carbocycles. The van der Waals surface area contributed by atoms with Gasteiger partial charge in [0.05, 0.1) is 5.25 Å². The van der Waals surface area contributed by atoms with Crippen LogP contribution in [-0.4, -0.2) is 16.9 Å². The van der Waals surface area contributed by atoms with Gasteiger partial charge < -0.3 is 0 Å². The standard InChI is InChI=1S/C19H21ClN2OS/c1-14(8-9-16-6-4-3-5-7-16)21-22-19(23)15(2)24-18-12-10-17(20)11-13-18/h3-7,10-13,15H,8-9H2,1-2H3,(H,22,23)/b21-14-/t15-/m1/s1. The molecule has 0 aromatic heterocycles. The zero-order chi connectivity index (χ0) is 17.4. The molecule has 0 radical (unpaired) electrons. The molecular formula is C19H21ClN2OS. The Morgan fingerprint density at radius 1 is 1.17 bits per heavy atom. The molecule has 0 unspecified atom stereocenters. The van der Waals surface area contributed by atoms with E-state index >= 15 is 0 Å². The van der Waals surface area contributed by atoms with E-state index in [1.807, 2.05) is 56.3 Å². The van der Waals surface area contributed by atoms with Crippen LogP contribution in [0.25, 0.3) is 0 Å². The quantitative estimate of drug-likeness (QED) is 0.431. The van der Waals surface area contributed by atoms with E-state index < -0.39 is 0 Å². The highest BCUT2D eigenvalue weighted by Gasteiger charge is 2.13. The normalized spacial score (nSPS) is 12.7. The van der Waals surface area contributed by atoms with Gasteiger partial charge in [-0.1, -0.05) is 41.9 Å². The summed E-state index contributed by atoms with van der Waals surface area (Å²) in [6, 6.07) is 17.7. The van der Waals surface area contributed by atoms with Crippen molar-refractivity contribution in [2.75, 3.05) is 0 Å². The van der Waals surface area contributed by atoms with E-state index in [0.717, 1.165) is 23.4 Å². The van der Waals surface area contributed by atoms with Gasteiger partial charge in [-0.15, -0.1) is 11.8 Å². The molecule has 0 saturated heterocycles. The minimum atomic E-state index is -0.225. The Kier molecular flexibility index (Phi) is 7.35. The van der Waals surface area contributed by atoms with Gasteiger partial charge in [0, 0.05) is 15.6 Å². The number of aryl methyl sites for hydroxylation is 1. The van der Waals surface area contributed by atoms with Gasteiger partial charge in [-0.25, -0.2) is 5.43 Å². The summed E-state index contributed by atoms with van der Waals surface area (Å²) in [5.74, 6) is -0.103. The summed E-state index contributed by atoms with van der Waals surface area (Å²) in [6.07, 6.45) is 1.74. The van der Waals surface area contributed by atoms with Crippen LogP contribution in [0.1, 0.15) is 25.8 Å². The van der Waals surface area contributed by atoms with Gasteiger partial charge in [0.1, 0.15) is 0 Å². The lowest BCUT2D eigenvalue weighted by molar-refractivity contribution is -0.120. The van der Waals surface area contributed by atoms with Gasteiger partial charge >= 0.3 is 0 Å². The van der Waals surface area contributed by atoms with E-state index in [2.05, 4.69) is 22.7 Å². The number of benzene rings is 2. The molecule has 1 N–H and O–H groups in total. The number of thioether (sulfide) groups is 1. The van der Waals surface area contributed by atoms with Gasteiger partial charge in [0.25, 0.3) is 5.91 Å².